The highest BCUT2D eigenvalue weighted by Crippen LogP contribution is 2.13. The number of nitrogens with zero attached hydrogens (tertiary/aromatic N) is 1. The lowest BCUT2D eigenvalue weighted by Crippen LogP contribution is -2.53. The molecule has 0 bridgehead atoms. The number of hydrogen-bond donors (Lipinski definition) is 2. The van der Waals surface area contributed by atoms with E-state index in [4.69, 9.17) is 18.0 Å². The lowest BCUT2D eigenvalue weighted by Gasteiger charge is -2.30. The van der Waals surface area contributed by atoms with Crippen LogP contribution in [0.3, 0.4) is 0 Å². The Bertz CT molecular complexity index is 518. The zero-order valence-corrected chi connectivity index (χ0v) is 11.9. The van der Waals surface area contributed by atoms with Gasteiger partial charge in [-0.2, -0.15) is 0 Å². The zero-order valence-electron chi connectivity index (χ0n) is 11.0. The molecule has 0 saturated carbocycles. The van der Waals surface area contributed by atoms with Crippen LogP contribution in [-0.2, 0) is 16.0 Å². The molecule has 5 nitrogen and oxygen atoms in total. The molecule has 106 valence electrons. The number of thiocarbonyl (C=S) groups is 1. The van der Waals surface area contributed by atoms with Crippen LogP contribution in [0.5, 0.6) is 0 Å². The number of hydrogen-bond acceptors (Lipinski definition) is 3. The summed E-state index contributed by atoms with van der Waals surface area (Å²) in [5.41, 5.74) is 6.71. The van der Waals surface area contributed by atoms with Gasteiger partial charge in [0, 0.05) is 13.1 Å². The summed E-state index contributed by atoms with van der Waals surface area (Å²) in [6.07, 6.45) is 0.465. The molecule has 1 saturated heterocycles. The molecular weight excluding hydrogens is 274 g/mol. The van der Waals surface area contributed by atoms with Crippen molar-refractivity contribution in [3.63, 3.8) is 0 Å². The fraction of sp³-hybridized carbons (Fsp3) is 0.357. The summed E-state index contributed by atoms with van der Waals surface area (Å²) in [4.78, 5) is 25.5. The quantitative estimate of drug-likeness (QED) is 0.771. The van der Waals surface area contributed by atoms with E-state index in [0.29, 0.717) is 19.5 Å². The van der Waals surface area contributed by atoms with E-state index >= 15 is 0 Å². The third-order valence-electron chi connectivity index (χ3n) is 3.27. The van der Waals surface area contributed by atoms with Crippen LogP contribution in [0.25, 0.3) is 0 Å². The van der Waals surface area contributed by atoms with Crippen molar-refractivity contribution in [1.82, 2.24) is 10.2 Å². The van der Waals surface area contributed by atoms with Crippen LogP contribution in [0.1, 0.15) is 5.56 Å². The number of carbonyl (C=O) groups is 2. The van der Waals surface area contributed by atoms with E-state index in [9.17, 15) is 9.59 Å². The van der Waals surface area contributed by atoms with Gasteiger partial charge in [-0.05, 0) is 12.0 Å². The average Bonchev–Trinajstić information content (AvgIpc) is 2.45. The molecule has 0 aromatic heterocycles. The molecule has 1 heterocycles. The van der Waals surface area contributed by atoms with E-state index in [2.05, 4.69) is 5.32 Å². The molecule has 1 aromatic carbocycles. The SMILES string of the molecule is NC(=S)C(Cc1ccccc1)C(=O)N1CCNC(=O)C1. The number of rotatable bonds is 4. The summed E-state index contributed by atoms with van der Waals surface area (Å²) in [5, 5.41) is 2.69. The molecule has 2 rings (SSSR count). The van der Waals surface area contributed by atoms with Gasteiger partial charge in [-0.3, -0.25) is 9.59 Å². The Balaban J connectivity index is 2.10. The predicted octanol–water partition coefficient (Wildman–Crippen LogP) is 0.0898. The highest BCUT2D eigenvalue weighted by atomic mass is 32.1. The first-order valence-electron chi connectivity index (χ1n) is 6.46. The molecule has 1 aliphatic rings. The minimum absolute atomic E-state index is 0.0761. The van der Waals surface area contributed by atoms with Crippen molar-refractivity contribution < 1.29 is 9.59 Å². The molecule has 1 aromatic rings. The first-order valence-corrected chi connectivity index (χ1v) is 6.87. The third kappa shape index (κ3) is 3.54. The van der Waals surface area contributed by atoms with Crippen LogP contribution < -0.4 is 11.1 Å². The molecule has 0 spiro atoms. The fourth-order valence-electron chi connectivity index (χ4n) is 2.21. The van der Waals surface area contributed by atoms with Gasteiger partial charge >= 0.3 is 0 Å². The standard InChI is InChI=1S/C14H17N3O2S/c15-13(20)11(8-10-4-2-1-3-5-10)14(19)17-7-6-16-12(18)9-17/h1-5,11H,6-9H2,(H2,15,20)(H,16,18). The number of nitrogens with two attached hydrogens (primary N) is 1. The Morgan fingerprint density at radius 2 is 2.10 bits per heavy atom. The Morgan fingerprint density at radius 3 is 2.70 bits per heavy atom. The van der Waals surface area contributed by atoms with Crippen molar-refractivity contribution in [2.75, 3.05) is 19.6 Å². The largest absolute Gasteiger partial charge is 0.393 e. The first kappa shape index (κ1) is 14.5. The van der Waals surface area contributed by atoms with Gasteiger partial charge in [-0.15, -0.1) is 0 Å². The lowest BCUT2D eigenvalue weighted by atomic mass is 9.97. The summed E-state index contributed by atoms with van der Waals surface area (Å²) in [5.74, 6) is -0.875. The highest BCUT2D eigenvalue weighted by Gasteiger charge is 2.29. The van der Waals surface area contributed by atoms with Crippen molar-refractivity contribution in [2.45, 2.75) is 6.42 Å². The van der Waals surface area contributed by atoms with Crippen LogP contribution in [0.4, 0.5) is 0 Å². The molecule has 1 atom stereocenters. The maximum absolute atomic E-state index is 12.5. The molecule has 0 radical (unpaired) electrons. The topological polar surface area (TPSA) is 75.4 Å². The van der Waals surface area contributed by atoms with Crippen LogP contribution >= 0.6 is 12.2 Å². The molecule has 1 fully saturated rings. The second-order valence-corrected chi connectivity index (χ2v) is 5.23. The van der Waals surface area contributed by atoms with E-state index < -0.39 is 5.92 Å². The Hall–Kier alpha value is -1.95. The van der Waals surface area contributed by atoms with Crippen LogP contribution in [-0.4, -0.2) is 41.3 Å². The number of nitrogens with one attached hydrogen (secondary N) is 1. The Morgan fingerprint density at radius 1 is 1.40 bits per heavy atom. The van der Waals surface area contributed by atoms with E-state index in [1.54, 1.807) is 0 Å². The molecule has 20 heavy (non-hydrogen) atoms. The monoisotopic (exact) mass is 291 g/mol. The van der Waals surface area contributed by atoms with Crippen LogP contribution in [0.2, 0.25) is 0 Å². The van der Waals surface area contributed by atoms with Gasteiger partial charge in [0.25, 0.3) is 0 Å². The van der Waals surface area contributed by atoms with Crippen LogP contribution in [0, 0.1) is 5.92 Å². The third-order valence-corrected chi connectivity index (χ3v) is 3.56. The van der Waals surface area contributed by atoms with E-state index in [1.165, 1.54) is 4.90 Å². The summed E-state index contributed by atoms with van der Waals surface area (Å²) in [7, 11) is 0. The van der Waals surface area contributed by atoms with Crippen molar-refractivity contribution in [3.05, 3.63) is 35.9 Å². The maximum atomic E-state index is 12.5. The van der Waals surface area contributed by atoms with E-state index in [0.717, 1.165) is 5.56 Å². The zero-order chi connectivity index (χ0) is 14.5. The maximum Gasteiger partial charge on any atom is 0.239 e. The number of benzene rings is 1. The van der Waals surface area contributed by atoms with E-state index in [-0.39, 0.29) is 23.3 Å². The van der Waals surface area contributed by atoms with Gasteiger partial charge < -0.3 is 16.0 Å². The summed E-state index contributed by atoms with van der Waals surface area (Å²) in [6, 6.07) is 9.59. The van der Waals surface area contributed by atoms with Crippen molar-refractivity contribution in [3.8, 4) is 0 Å². The van der Waals surface area contributed by atoms with Crippen molar-refractivity contribution >= 4 is 29.0 Å². The summed E-state index contributed by atoms with van der Waals surface area (Å²) < 4.78 is 0. The first-order chi connectivity index (χ1) is 9.58. The van der Waals surface area contributed by atoms with Gasteiger partial charge in [0.2, 0.25) is 11.8 Å². The average molecular weight is 291 g/mol. The normalized spacial score (nSPS) is 16.4. The van der Waals surface area contributed by atoms with Gasteiger partial charge in [0.15, 0.2) is 0 Å². The second-order valence-electron chi connectivity index (χ2n) is 4.75. The number of carbonyl (C=O) groups excluding carboxylic acids is 2. The molecule has 1 aliphatic heterocycles. The van der Waals surface area contributed by atoms with Gasteiger partial charge in [0.1, 0.15) is 0 Å². The molecular formula is C14H17N3O2S. The van der Waals surface area contributed by atoms with Gasteiger partial charge in [0.05, 0.1) is 17.5 Å². The summed E-state index contributed by atoms with van der Waals surface area (Å²) >= 11 is 5.02. The second kappa shape index (κ2) is 6.47. The Labute approximate surface area is 123 Å². The molecule has 6 heteroatoms. The highest BCUT2D eigenvalue weighted by molar-refractivity contribution is 7.80. The minimum Gasteiger partial charge on any atom is -0.393 e. The van der Waals surface area contributed by atoms with Gasteiger partial charge in [-0.1, -0.05) is 42.5 Å². The summed E-state index contributed by atoms with van der Waals surface area (Å²) in [6.45, 7) is 1.05. The molecule has 2 amide bonds. The van der Waals surface area contributed by atoms with Gasteiger partial charge in [-0.25, -0.2) is 0 Å². The van der Waals surface area contributed by atoms with Crippen molar-refractivity contribution in [1.29, 1.82) is 0 Å². The van der Waals surface area contributed by atoms with Crippen molar-refractivity contribution in [2.24, 2.45) is 11.7 Å². The molecule has 1 unspecified atom stereocenters. The number of piperazine rings is 1. The lowest BCUT2D eigenvalue weighted by molar-refractivity contribution is -0.139. The molecule has 3 N–H and O–H groups in total. The number of amides is 2. The van der Waals surface area contributed by atoms with E-state index in [1.807, 2.05) is 30.3 Å². The van der Waals surface area contributed by atoms with Crippen LogP contribution in [0.15, 0.2) is 30.3 Å². The smallest absolute Gasteiger partial charge is 0.239 e. The fourth-order valence-corrected chi connectivity index (χ4v) is 2.39. The minimum atomic E-state index is -0.557. The predicted molar refractivity (Wildman–Crippen MR) is 80.0 cm³/mol. The Kier molecular flexibility index (Phi) is 4.68. The molecule has 0 aliphatic carbocycles.